The van der Waals surface area contributed by atoms with Crippen LogP contribution in [0.3, 0.4) is 0 Å². The van der Waals surface area contributed by atoms with Crippen molar-refractivity contribution >= 4 is 33.3 Å². The molecule has 0 amide bonds. The molecular weight excluding hydrogens is 318 g/mol. The van der Waals surface area contributed by atoms with Gasteiger partial charge in [0.05, 0.1) is 17.6 Å². The number of hydrogen-bond donors (Lipinski definition) is 2. The Kier molecular flexibility index (Phi) is 4.19. The van der Waals surface area contributed by atoms with Crippen molar-refractivity contribution in [1.82, 2.24) is 9.55 Å². The van der Waals surface area contributed by atoms with Crippen LogP contribution in [-0.4, -0.2) is 29.0 Å². The lowest BCUT2D eigenvalue weighted by Crippen LogP contribution is -2.14. The molecule has 0 aliphatic heterocycles. The molecule has 0 unspecified atom stereocenters. The molecule has 21 heavy (non-hydrogen) atoms. The molecule has 0 spiro atoms. The van der Waals surface area contributed by atoms with Crippen molar-refractivity contribution < 1.29 is 18.3 Å². The van der Waals surface area contributed by atoms with Gasteiger partial charge in [-0.1, -0.05) is 11.6 Å². The Bertz CT molecular complexity index is 786. The maximum atomic E-state index is 12.1. The third-order valence-corrected chi connectivity index (χ3v) is 4.13. The van der Waals surface area contributed by atoms with Crippen LogP contribution in [0.25, 0.3) is 0 Å². The van der Waals surface area contributed by atoms with E-state index in [-0.39, 0.29) is 21.3 Å². The first-order valence-corrected chi connectivity index (χ1v) is 7.76. The van der Waals surface area contributed by atoms with Gasteiger partial charge in [-0.2, -0.15) is 8.42 Å². The highest BCUT2D eigenvalue weighted by atomic mass is 35.5. The van der Waals surface area contributed by atoms with E-state index < -0.39 is 16.0 Å². The lowest BCUT2D eigenvalue weighted by atomic mass is 10.2. The number of nitrogens with zero attached hydrogens (tertiary/aromatic N) is 2. The molecular formula is C12H12ClN3O4S. The molecule has 0 saturated heterocycles. The molecule has 1 aromatic heterocycles. The Hall–Kier alpha value is -2.06. The zero-order valence-electron chi connectivity index (χ0n) is 10.9. The van der Waals surface area contributed by atoms with Crippen LogP contribution >= 0.6 is 11.6 Å². The Morgan fingerprint density at radius 3 is 2.71 bits per heavy atom. The molecule has 0 fully saturated rings. The summed E-state index contributed by atoms with van der Waals surface area (Å²) in [4.78, 5) is 14.7. The number of benzene rings is 1. The first-order valence-electron chi connectivity index (χ1n) is 5.90. The first-order chi connectivity index (χ1) is 9.81. The van der Waals surface area contributed by atoms with E-state index in [1.54, 1.807) is 4.57 Å². The van der Waals surface area contributed by atoms with E-state index in [0.717, 1.165) is 0 Å². The third kappa shape index (κ3) is 3.53. The third-order valence-electron chi connectivity index (χ3n) is 2.65. The summed E-state index contributed by atoms with van der Waals surface area (Å²) in [7, 11) is -3.90. The van der Waals surface area contributed by atoms with Gasteiger partial charge in [-0.05, 0) is 25.1 Å². The molecule has 2 N–H and O–H groups in total. The standard InChI is InChI=1S/C12H12ClN3O4S/c1-2-16-6-11(14-7-16)21(19,20)15-10-4-8(12(17)18)3-9(13)5-10/h3-7,15H,2H2,1H3,(H,17,18). The Morgan fingerprint density at radius 2 is 2.14 bits per heavy atom. The van der Waals surface area contributed by atoms with Crippen LogP contribution in [0.4, 0.5) is 5.69 Å². The molecule has 0 aliphatic carbocycles. The van der Waals surface area contributed by atoms with Crippen LogP contribution in [0.5, 0.6) is 0 Å². The van der Waals surface area contributed by atoms with Crippen LogP contribution in [0.15, 0.2) is 35.7 Å². The van der Waals surface area contributed by atoms with Crippen molar-refractivity contribution in [3.63, 3.8) is 0 Å². The van der Waals surface area contributed by atoms with Crippen molar-refractivity contribution in [2.24, 2.45) is 0 Å². The lowest BCUT2D eigenvalue weighted by molar-refractivity contribution is 0.0697. The van der Waals surface area contributed by atoms with Gasteiger partial charge in [-0.15, -0.1) is 0 Å². The number of aromatic nitrogens is 2. The number of carboxylic acids is 1. The van der Waals surface area contributed by atoms with Crippen molar-refractivity contribution in [2.75, 3.05) is 4.72 Å². The SMILES string of the molecule is CCn1cnc(S(=O)(=O)Nc2cc(Cl)cc(C(=O)O)c2)c1. The van der Waals surface area contributed by atoms with Gasteiger partial charge < -0.3 is 9.67 Å². The number of anilines is 1. The van der Waals surface area contributed by atoms with E-state index in [2.05, 4.69) is 9.71 Å². The fourth-order valence-electron chi connectivity index (χ4n) is 1.63. The molecule has 2 aromatic rings. The molecule has 0 radical (unpaired) electrons. The van der Waals surface area contributed by atoms with Crippen molar-refractivity contribution in [1.29, 1.82) is 0 Å². The molecule has 9 heteroatoms. The van der Waals surface area contributed by atoms with Crippen LogP contribution in [0.1, 0.15) is 17.3 Å². The average molecular weight is 330 g/mol. The molecule has 0 aliphatic rings. The number of aryl methyl sites for hydroxylation is 1. The highest BCUT2D eigenvalue weighted by Gasteiger charge is 2.18. The molecule has 1 heterocycles. The van der Waals surface area contributed by atoms with Crippen molar-refractivity contribution in [3.05, 3.63) is 41.3 Å². The maximum absolute atomic E-state index is 12.1. The van der Waals surface area contributed by atoms with E-state index in [9.17, 15) is 13.2 Å². The smallest absolute Gasteiger partial charge is 0.335 e. The summed E-state index contributed by atoms with van der Waals surface area (Å²) in [5.41, 5.74) is -0.0507. The number of halogens is 1. The van der Waals surface area contributed by atoms with Gasteiger partial charge >= 0.3 is 5.97 Å². The quantitative estimate of drug-likeness (QED) is 0.874. The normalized spacial score (nSPS) is 11.3. The van der Waals surface area contributed by atoms with Crippen LogP contribution in [0.2, 0.25) is 5.02 Å². The maximum Gasteiger partial charge on any atom is 0.335 e. The van der Waals surface area contributed by atoms with E-state index in [1.165, 1.54) is 30.7 Å². The zero-order chi connectivity index (χ0) is 15.6. The fourth-order valence-corrected chi connectivity index (χ4v) is 2.86. The predicted molar refractivity (Wildman–Crippen MR) is 77.1 cm³/mol. The number of hydrogen-bond acceptors (Lipinski definition) is 4. The van der Waals surface area contributed by atoms with Gasteiger partial charge in [0.1, 0.15) is 0 Å². The van der Waals surface area contributed by atoms with Crippen molar-refractivity contribution in [2.45, 2.75) is 18.5 Å². The summed E-state index contributed by atoms with van der Waals surface area (Å²) in [6, 6.07) is 3.73. The number of carbonyl (C=O) groups is 1. The molecule has 0 saturated carbocycles. The van der Waals surface area contributed by atoms with E-state index in [1.807, 2.05) is 6.92 Å². The minimum atomic E-state index is -3.90. The first kappa shape index (κ1) is 15.3. The molecule has 0 atom stereocenters. The minimum Gasteiger partial charge on any atom is -0.478 e. The predicted octanol–water partition coefficient (Wildman–Crippen LogP) is 2.06. The Balaban J connectivity index is 2.34. The molecule has 0 bridgehead atoms. The van der Waals surface area contributed by atoms with Gasteiger partial charge in [0.15, 0.2) is 5.03 Å². The number of carboxylic acid groups (broad SMARTS) is 1. The van der Waals surface area contributed by atoms with Gasteiger partial charge in [-0.25, -0.2) is 9.78 Å². The molecule has 1 aromatic carbocycles. The summed E-state index contributed by atoms with van der Waals surface area (Å²) in [5.74, 6) is -1.20. The number of rotatable bonds is 5. The summed E-state index contributed by atoms with van der Waals surface area (Å²) < 4.78 is 28.2. The van der Waals surface area contributed by atoms with Gasteiger partial charge in [-0.3, -0.25) is 4.72 Å². The molecule has 7 nitrogen and oxygen atoms in total. The zero-order valence-corrected chi connectivity index (χ0v) is 12.5. The number of sulfonamides is 1. The number of nitrogens with one attached hydrogen (secondary N) is 1. The van der Waals surface area contributed by atoms with Crippen LogP contribution in [0, 0.1) is 0 Å². The Morgan fingerprint density at radius 1 is 1.43 bits per heavy atom. The van der Waals surface area contributed by atoms with Gasteiger partial charge in [0.2, 0.25) is 0 Å². The van der Waals surface area contributed by atoms with E-state index >= 15 is 0 Å². The number of aromatic carboxylic acids is 1. The van der Waals surface area contributed by atoms with Crippen LogP contribution < -0.4 is 4.72 Å². The molecule has 2 rings (SSSR count). The van der Waals surface area contributed by atoms with Gasteiger partial charge in [0.25, 0.3) is 10.0 Å². The number of imidazole rings is 1. The van der Waals surface area contributed by atoms with Crippen molar-refractivity contribution in [3.8, 4) is 0 Å². The second-order valence-electron chi connectivity index (χ2n) is 4.18. The van der Waals surface area contributed by atoms with E-state index in [0.29, 0.717) is 6.54 Å². The highest BCUT2D eigenvalue weighted by molar-refractivity contribution is 7.92. The minimum absolute atomic E-state index is 0.0611. The second-order valence-corrected chi connectivity index (χ2v) is 6.25. The topological polar surface area (TPSA) is 101 Å². The van der Waals surface area contributed by atoms with Gasteiger partial charge in [0, 0.05) is 17.8 Å². The summed E-state index contributed by atoms with van der Waals surface area (Å²) in [6.07, 6.45) is 2.78. The summed E-state index contributed by atoms with van der Waals surface area (Å²) >= 11 is 5.78. The molecule has 112 valence electrons. The van der Waals surface area contributed by atoms with E-state index in [4.69, 9.17) is 16.7 Å². The average Bonchev–Trinajstić information content (AvgIpc) is 2.86. The lowest BCUT2D eigenvalue weighted by Gasteiger charge is -2.07. The summed E-state index contributed by atoms with van der Waals surface area (Å²) in [5, 5.41) is 8.90. The Labute approximate surface area is 126 Å². The highest BCUT2D eigenvalue weighted by Crippen LogP contribution is 2.21. The monoisotopic (exact) mass is 329 g/mol. The summed E-state index contributed by atoms with van der Waals surface area (Å²) in [6.45, 7) is 2.43. The fraction of sp³-hybridized carbons (Fsp3) is 0.167. The second kappa shape index (κ2) is 5.74. The van der Waals surface area contributed by atoms with Crippen LogP contribution in [-0.2, 0) is 16.6 Å². The largest absolute Gasteiger partial charge is 0.478 e.